The van der Waals surface area contributed by atoms with Gasteiger partial charge in [0.15, 0.2) is 5.82 Å². The van der Waals surface area contributed by atoms with Crippen LogP contribution in [0.5, 0.6) is 0 Å². The summed E-state index contributed by atoms with van der Waals surface area (Å²) in [6.07, 6.45) is 2.72. The fraction of sp³-hybridized carbons (Fsp3) is 0.0435. The summed E-state index contributed by atoms with van der Waals surface area (Å²) >= 11 is 3.32. The maximum absolute atomic E-state index is 14.2. The van der Waals surface area contributed by atoms with E-state index < -0.39 is 34.7 Å². The van der Waals surface area contributed by atoms with Crippen LogP contribution in [0.15, 0.2) is 76.3 Å². The lowest BCUT2D eigenvalue weighted by atomic mass is 10.1. The Kier molecular flexibility index (Phi) is 6.37. The molecule has 0 saturated heterocycles. The van der Waals surface area contributed by atoms with Crippen LogP contribution >= 0.6 is 15.9 Å². The van der Waals surface area contributed by atoms with E-state index in [1.54, 1.807) is 31.4 Å². The van der Waals surface area contributed by atoms with Gasteiger partial charge in [0.25, 0.3) is 17.4 Å². The lowest BCUT2D eigenvalue weighted by molar-refractivity contribution is 0.101. The first-order valence-corrected chi connectivity index (χ1v) is 10.6. The summed E-state index contributed by atoms with van der Waals surface area (Å²) in [6.45, 7) is 0. The van der Waals surface area contributed by atoms with Crippen molar-refractivity contribution in [3.8, 4) is 5.69 Å². The minimum Gasteiger partial charge on any atom is -0.321 e. The molecule has 0 aliphatic carbocycles. The molecule has 0 radical (unpaired) electrons. The van der Waals surface area contributed by atoms with Crippen molar-refractivity contribution < 1.29 is 18.4 Å². The average Bonchev–Trinajstić information content (AvgIpc) is 3.20. The third-order valence-electron chi connectivity index (χ3n) is 4.78. The summed E-state index contributed by atoms with van der Waals surface area (Å²) in [7, 11) is 1.71. The van der Waals surface area contributed by atoms with E-state index in [0.717, 1.165) is 29.0 Å². The number of nitrogens with one attached hydrogen (secondary N) is 2. The molecule has 0 aliphatic heterocycles. The molecule has 2 amide bonds. The van der Waals surface area contributed by atoms with Crippen molar-refractivity contribution in [2.24, 2.45) is 7.05 Å². The maximum atomic E-state index is 14.2. The van der Waals surface area contributed by atoms with Gasteiger partial charge in [0.2, 0.25) is 0 Å². The van der Waals surface area contributed by atoms with Gasteiger partial charge in [-0.25, -0.2) is 8.78 Å². The summed E-state index contributed by atoms with van der Waals surface area (Å²) < 4.78 is 31.1. The van der Waals surface area contributed by atoms with Crippen molar-refractivity contribution in [2.45, 2.75) is 0 Å². The van der Waals surface area contributed by atoms with Crippen LogP contribution in [0.25, 0.3) is 5.69 Å². The quantitative estimate of drug-likeness (QED) is 0.408. The Morgan fingerprint density at radius 1 is 0.941 bits per heavy atom. The number of rotatable bonds is 5. The Bertz CT molecular complexity index is 1460. The lowest BCUT2D eigenvalue weighted by Crippen LogP contribution is -2.22. The van der Waals surface area contributed by atoms with Crippen LogP contribution in [0, 0.1) is 11.6 Å². The molecule has 2 aromatic carbocycles. The number of pyridine rings is 1. The topological polar surface area (TPSA) is 98.0 Å². The zero-order valence-corrected chi connectivity index (χ0v) is 19.1. The number of benzene rings is 2. The van der Waals surface area contributed by atoms with Crippen LogP contribution in [0.3, 0.4) is 0 Å². The van der Waals surface area contributed by atoms with Crippen molar-refractivity contribution in [1.29, 1.82) is 0 Å². The Balaban J connectivity index is 1.60. The highest BCUT2D eigenvalue weighted by Crippen LogP contribution is 2.25. The van der Waals surface area contributed by atoms with E-state index in [9.17, 15) is 23.2 Å². The van der Waals surface area contributed by atoms with Gasteiger partial charge >= 0.3 is 0 Å². The molecule has 0 saturated carbocycles. The fourth-order valence-corrected chi connectivity index (χ4v) is 3.49. The first-order valence-electron chi connectivity index (χ1n) is 9.82. The summed E-state index contributed by atoms with van der Waals surface area (Å²) in [5, 5.41) is 9.36. The van der Waals surface area contributed by atoms with Crippen molar-refractivity contribution in [3.05, 3.63) is 105 Å². The van der Waals surface area contributed by atoms with Crippen LogP contribution in [0.1, 0.15) is 20.7 Å². The molecule has 0 aliphatic rings. The molecule has 11 heteroatoms. The molecule has 172 valence electrons. The molecule has 2 heterocycles. The third-order valence-corrected chi connectivity index (χ3v) is 5.48. The van der Waals surface area contributed by atoms with Gasteiger partial charge in [-0.15, -0.1) is 0 Å². The Morgan fingerprint density at radius 3 is 2.29 bits per heavy atom. The monoisotopic (exact) mass is 527 g/mol. The zero-order valence-electron chi connectivity index (χ0n) is 17.6. The normalized spacial score (nSPS) is 10.7. The second-order valence-corrected chi connectivity index (χ2v) is 8.03. The predicted octanol–water partition coefficient (Wildman–Crippen LogP) is 4.12. The molecule has 0 fully saturated rings. The maximum Gasteiger partial charge on any atom is 0.257 e. The molecule has 2 aromatic heterocycles. The number of carbonyl (C=O) groups excluding carboxylic acids is 2. The standard InChI is InChI=1S/C23H16BrF2N5O3/c1-30-10-9-19(29-30)28-22(33)13-5-7-15(24)18(11-13)27-23(34)14-6-8-20(32)31(12-14)21-16(25)3-2-4-17(21)26/h2-12H,1H3,(H,27,34)(H,28,29,33). The smallest absolute Gasteiger partial charge is 0.257 e. The number of aromatic nitrogens is 3. The molecular weight excluding hydrogens is 512 g/mol. The van der Waals surface area contributed by atoms with Gasteiger partial charge in [0, 0.05) is 41.6 Å². The van der Waals surface area contributed by atoms with Gasteiger partial charge in [-0.3, -0.25) is 23.6 Å². The summed E-state index contributed by atoms with van der Waals surface area (Å²) in [5.74, 6) is -2.63. The van der Waals surface area contributed by atoms with Crippen LogP contribution in [-0.2, 0) is 7.05 Å². The Hall–Kier alpha value is -4.12. The van der Waals surface area contributed by atoms with Crippen LogP contribution in [0.4, 0.5) is 20.3 Å². The number of amides is 2. The lowest BCUT2D eigenvalue weighted by Gasteiger charge is -2.12. The Morgan fingerprint density at radius 2 is 1.62 bits per heavy atom. The number of halogens is 3. The van der Waals surface area contributed by atoms with Gasteiger partial charge in [0.05, 0.1) is 11.3 Å². The van der Waals surface area contributed by atoms with Crippen molar-refractivity contribution in [1.82, 2.24) is 14.3 Å². The van der Waals surface area contributed by atoms with E-state index in [1.165, 1.54) is 22.9 Å². The third kappa shape index (κ3) is 4.79. The second-order valence-electron chi connectivity index (χ2n) is 7.17. The molecule has 0 unspecified atom stereocenters. The summed E-state index contributed by atoms with van der Waals surface area (Å²) in [5.41, 5.74) is -0.806. The van der Waals surface area contributed by atoms with Gasteiger partial charge < -0.3 is 10.6 Å². The SMILES string of the molecule is Cn1ccc(NC(=O)c2ccc(Br)c(NC(=O)c3ccc(=O)n(-c4c(F)cccc4F)c3)c2)n1. The summed E-state index contributed by atoms with van der Waals surface area (Å²) in [6, 6.07) is 11.7. The molecule has 2 N–H and O–H groups in total. The van der Waals surface area contributed by atoms with E-state index in [0.29, 0.717) is 10.3 Å². The number of anilines is 2. The highest BCUT2D eigenvalue weighted by atomic mass is 79.9. The van der Waals surface area contributed by atoms with Gasteiger partial charge in [-0.2, -0.15) is 5.10 Å². The molecule has 34 heavy (non-hydrogen) atoms. The fourth-order valence-electron chi connectivity index (χ4n) is 3.14. The van der Waals surface area contributed by atoms with Gasteiger partial charge in [-0.05, 0) is 52.3 Å². The van der Waals surface area contributed by atoms with Crippen molar-refractivity contribution in [2.75, 3.05) is 10.6 Å². The Labute approximate surface area is 200 Å². The highest BCUT2D eigenvalue weighted by molar-refractivity contribution is 9.10. The highest BCUT2D eigenvalue weighted by Gasteiger charge is 2.17. The van der Waals surface area contributed by atoms with Gasteiger partial charge in [-0.1, -0.05) is 6.07 Å². The second kappa shape index (κ2) is 9.40. The number of aryl methyl sites for hydroxylation is 1. The number of hydrogen-bond donors (Lipinski definition) is 2. The molecule has 0 spiro atoms. The summed E-state index contributed by atoms with van der Waals surface area (Å²) in [4.78, 5) is 37.6. The first-order chi connectivity index (χ1) is 16.2. The number of nitrogens with zero attached hydrogens (tertiary/aromatic N) is 3. The van der Waals surface area contributed by atoms with Crippen LogP contribution in [-0.4, -0.2) is 26.2 Å². The molecule has 8 nitrogen and oxygen atoms in total. The van der Waals surface area contributed by atoms with E-state index in [4.69, 9.17) is 0 Å². The average molecular weight is 528 g/mol. The van der Waals surface area contributed by atoms with E-state index in [-0.39, 0.29) is 16.8 Å². The molecule has 0 atom stereocenters. The minimum absolute atomic E-state index is 0.0301. The van der Waals surface area contributed by atoms with Crippen LogP contribution in [0.2, 0.25) is 0 Å². The van der Waals surface area contributed by atoms with Gasteiger partial charge in [0.1, 0.15) is 17.3 Å². The van der Waals surface area contributed by atoms with Crippen molar-refractivity contribution >= 4 is 39.2 Å². The number of carbonyl (C=O) groups is 2. The molecule has 4 aromatic rings. The van der Waals surface area contributed by atoms with E-state index in [2.05, 4.69) is 31.7 Å². The molecular formula is C23H16BrF2N5O3. The van der Waals surface area contributed by atoms with E-state index >= 15 is 0 Å². The first kappa shape index (κ1) is 23.1. The minimum atomic E-state index is -0.950. The van der Waals surface area contributed by atoms with Crippen LogP contribution < -0.4 is 16.2 Å². The number of hydrogen-bond acceptors (Lipinski definition) is 4. The largest absolute Gasteiger partial charge is 0.321 e. The van der Waals surface area contributed by atoms with E-state index in [1.807, 2.05) is 0 Å². The van der Waals surface area contributed by atoms with Crippen molar-refractivity contribution in [3.63, 3.8) is 0 Å². The molecule has 4 rings (SSSR count). The molecule has 0 bridgehead atoms. The zero-order chi connectivity index (χ0) is 24.4. The number of para-hydroxylation sites is 1. The predicted molar refractivity (Wildman–Crippen MR) is 125 cm³/mol.